The number of rotatable bonds is 1. The molecule has 0 saturated heterocycles. The summed E-state index contributed by atoms with van der Waals surface area (Å²) in [6, 6.07) is 8.00. The standard InChI is InChI=1S/C12H8F2N.C4H8N2.ClH.Ir.H2N/c1-8-4-5-15-12(6-8)10-3-2-9(13)7-11(10)14;1-6-3-2-5-4-6;;;/h2,4-7H,1H3;2H,3-4H2,1H3;1H;;1H2/q-1;;;+3;-1/p-1. The molecule has 132 valence electrons. The molecule has 2 N–H and O–H groups in total. The number of hydrogen-bond acceptors (Lipinski definition) is 3. The Morgan fingerprint density at radius 2 is 2.00 bits per heavy atom. The second-order valence-corrected chi connectivity index (χ2v) is 4.80. The maximum Gasteiger partial charge on any atom is -0.693 e. The summed E-state index contributed by atoms with van der Waals surface area (Å²) in [6.07, 6.45) is 3.52. The largest absolute Gasteiger partial charge is 0.693 e. The third-order valence-corrected chi connectivity index (χ3v) is 2.87. The van der Waals surface area contributed by atoms with Crippen molar-refractivity contribution in [3.05, 3.63) is 59.9 Å². The summed E-state index contributed by atoms with van der Waals surface area (Å²) in [5.41, 5.74) is 1.63. The van der Waals surface area contributed by atoms with Gasteiger partial charge in [0.25, 0.3) is 0 Å². The number of benzene rings is 1. The Morgan fingerprint density at radius 3 is 2.46 bits per heavy atom. The third kappa shape index (κ3) is 7.55. The van der Waals surface area contributed by atoms with Crippen LogP contribution in [0.2, 0.25) is 0 Å². The van der Waals surface area contributed by atoms with Crippen LogP contribution in [0.15, 0.2) is 35.5 Å². The molecule has 0 amide bonds. The first-order valence-corrected chi connectivity index (χ1v) is 9.62. The number of pyridine rings is 1. The van der Waals surface area contributed by atoms with Crippen LogP contribution in [0.1, 0.15) is 5.56 Å². The van der Waals surface area contributed by atoms with E-state index in [0.29, 0.717) is 5.69 Å². The average molecular weight is 532 g/mol. The first-order valence-electron chi connectivity index (χ1n) is 6.65. The SMILES string of the molecule is CN1CC=NC1.Cc1ccnc(-c2[c-]cc(F)cc2F)c1.[Cl][Ir+2].[NH2-]. The molecular formula is C16H18ClF2IrN4. The minimum atomic E-state index is -0.645. The summed E-state index contributed by atoms with van der Waals surface area (Å²) in [6.45, 7) is 3.80. The van der Waals surface area contributed by atoms with Crippen LogP contribution in [0.25, 0.3) is 17.4 Å². The zero-order valence-electron chi connectivity index (χ0n) is 13.3. The summed E-state index contributed by atoms with van der Waals surface area (Å²) >= 11 is 1.47. The van der Waals surface area contributed by atoms with Gasteiger partial charge >= 0.3 is 27.5 Å². The molecule has 1 aliphatic rings. The van der Waals surface area contributed by atoms with Crippen LogP contribution in [0, 0.1) is 24.6 Å². The summed E-state index contributed by atoms with van der Waals surface area (Å²) in [5.74, 6) is -1.28. The molecule has 0 bridgehead atoms. The number of aromatic nitrogens is 1. The predicted octanol–water partition coefficient (Wildman–Crippen LogP) is 4.50. The van der Waals surface area contributed by atoms with Crippen molar-refractivity contribution in [2.45, 2.75) is 6.92 Å². The van der Waals surface area contributed by atoms with E-state index in [0.717, 1.165) is 30.9 Å². The normalized spacial score (nSPS) is 12.4. The Bertz CT molecular complexity index is 648. The number of halogens is 3. The molecule has 4 nitrogen and oxygen atoms in total. The number of hydrogen-bond donors (Lipinski definition) is 0. The van der Waals surface area contributed by atoms with E-state index < -0.39 is 11.6 Å². The first kappa shape index (κ1) is 22.8. The molecule has 0 aliphatic carbocycles. The molecule has 2 heterocycles. The van der Waals surface area contributed by atoms with Crippen LogP contribution >= 0.6 is 9.58 Å². The van der Waals surface area contributed by atoms with Crippen LogP contribution in [0.4, 0.5) is 8.78 Å². The smallest absolute Gasteiger partial charge is 0.693 e. The van der Waals surface area contributed by atoms with E-state index in [1.807, 2.05) is 26.3 Å². The maximum absolute atomic E-state index is 13.4. The van der Waals surface area contributed by atoms with E-state index in [9.17, 15) is 8.78 Å². The Kier molecular flexibility index (Phi) is 11.5. The average Bonchev–Trinajstić information content (AvgIpc) is 3.01. The summed E-state index contributed by atoms with van der Waals surface area (Å²) < 4.78 is 26.0. The Hall–Kier alpha value is -1.24. The van der Waals surface area contributed by atoms with Crippen molar-refractivity contribution in [1.29, 1.82) is 0 Å². The molecule has 0 saturated carbocycles. The summed E-state index contributed by atoms with van der Waals surface area (Å²) in [7, 11) is 6.69. The fourth-order valence-electron chi connectivity index (χ4n) is 1.77. The molecule has 24 heavy (non-hydrogen) atoms. The van der Waals surface area contributed by atoms with Gasteiger partial charge in [0, 0.05) is 30.6 Å². The van der Waals surface area contributed by atoms with Crippen molar-refractivity contribution in [3.63, 3.8) is 0 Å². The van der Waals surface area contributed by atoms with Gasteiger partial charge < -0.3 is 11.1 Å². The van der Waals surface area contributed by atoms with Crippen molar-refractivity contribution in [2.24, 2.45) is 4.99 Å². The van der Waals surface area contributed by atoms with Crippen molar-refractivity contribution >= 4 is 15.8 Å². The fraction of sp³-hybridized carbons (Fsp3) is 0.250. The fourth-order valence-corrected chi connectivity index (χ4v) is 1.77. The topological polar surface area (TPSA) is 62.0 Å². The first-order chi connectivity index (χ1) is 11.1. The van der Waals surface area contributed by atoms with Gasteiger partial charge in [0.2, 0.25) is 0 Å². The zero-order chi connectivity index (χ0) is 17.2. The summed E-state index contributed by atoms with van der Waals surface area (Å²) in [4.78, 5) is 10.1. The zero-order valence-corrected chi connectivity index (χ0v) is 16.4. The van der Waals surface area contributed by atoms with Gasteiger partial charge in [-0.2, -0.15) is 0 Å². The van der Waals surface area contributed by atoms with E-state index in [2.05, 4.69) is 30.5 Å². The molecule has 1 aromatic carbocycles. The molecule has 0 radical (unpaired) electrons. The van der Waals surface area contributed by atoms with Gasteiger partial charge in [-0.25, -0.2) is 0 Å². The molecular weight excluding hydrogens is 514 g/mol. The number of aliphatic imine (C=N–C) groups is 1. The Morgan fingerprint density at radius 1 is 1.29 bits per heavy atom. The molecule has 1 aromatic heterocycles. The van der Waals surface area contributed by atoms with E-state index in [1.54, 1.807) is 12.3 Å². The Balaban J connectivity index is 0.000000496. The molecule has 0 spiro atoms. The predicted molar refractivity (Wildman–Crippen MR) is 90.3 cm³/mol. The van der Waals surface area contributed by atoms with Gasteiger partial charge in [0.1, 0.15) is 0 Å². The van der Waals surface area contributed by atoms with Crippen molar-refractivity contribution in [3.8, 4) is 11.3 Å². The van der Waals surface area contributed by atoms with Gasteiger partial charge in [-0.15, -0.1) is 12.1 Å². The minimum Gasteiger partial charge on any atom is -0.693 e. The summed E-state index contributed by atoms with van der Waals surface area (Å²) in [5, 5.41) is 0. The van der Waals surface area contributed by atoms with Gasteiger partial charge in [0.05, 0.1) is 6.67 Å². The number of nitrogens with two attached hydrogens (primary N) is 1. The molecule has 0 fully saturated rings. The van der Waals surface area contributed by atoms with Crippen LogP contribution in [0.5, 0.6) is 0 Å². The van der Waals surface area contributed by atoms with Gasteiger partial charge in [-0.3, -0.25) is 18.7 Å². The van der Waals surface area contributed by atoms with Crippen LogP contribution in [-0.2, 0) is 17.9 Å². The quantitative estimate of drug-likeness (QED) is 0.509. The molecule has 0 atom stereocenters. The molecule has 8 heteroatoms. The molecule has 3 rings (SSSR count). The maximum atomic E-state index is 13.4. The number of aryl methyl sites for hydroxylation is 1. The monoisotopic (exact) mass is 532 g/mol. The van der Waals surface area contributed by atoms with E-state index in [-0.39, 0.29) is 11.7 Å². The van der Waals surface area contributed by atoms with Gasteiger partial charge in [0.15, 0.2) is 0 Å². The van der Waals surface area contributed by atoms with Crippen molar-refractivity contribution in [1.82, 2.24) is 9.88 Å². The van der Waals surface area contributed by atoms with Crippen molar-refractivity contribution in [2.75, 3.05) is 20.3 Å². The van der Waals surface area contributed by atoms with Gasteiger partial charge in [-0.1, -0.05) is 23.3 Å². The molecule has 0 unspecified atom stereocenters. The van der Waals surface area contributed by atoms with Crippen molar-refractivity contribution < 1.29 is 26.7 Å². The molecule has 2 aromatic rings. The second-order valence-electron chi connectivity index (χ2n) is 4.80. The van der Waals surface area contributed by atoms with Crippen LogP contribution in [0.3, 0.4) is 0 Å². The molecule has 1 aliphatic heterocycles. The number of nitrogens with zero attached hydrogens (tertiary/aromatic N) is 3. The van der Waals surface area contributed by atoms with Crippen LogP contribution in [-0.4, -0.2) is 36.4 Å². The van der Waals surface area contributed by atoms with E-state index in [1.165, 1.54) is 17.9 Å². The minimum absolute atomic E-state index is 0. The second kappa shape index (κ2) is 12.2. The van der Waals surface area contributed by atoms with Crippen LogP contribution < -0.4 is 0 Å². The Labute approximate surface area is 155 Å². The van der Waals surface area contributed by atoms with E-state index in [4.69, 9.17) is 0 Å². The van der Waals surface area contributed by atoms with E-state index >= 15 is 0 Å². The van der Waals surface area contributed by atoms with Gasteiger partial charge in [-0.05, 0) is 25.7 Å². The third-order valence-electron chi connectivity index (χ3n) is 2.87.